The molecule has 0 saturated heterocycles. The minimum Gasteiger partial charge on any atom is -0.497 e. The van der Waals surface area contributed by atoms with E-state index in [4.69, 9.17) is 9.15 Å². The third-order valence-electron chi connectivity index (χ3n) is 2.14. The zero-order valence-electron chi connectivity index (χ0n) is 9.08. The third kappa shape index (κ3) is 2.79. The van der Waals surface area contributed by atoms with Gasteiger partial charge in [0.25, 0.3) is 0 Å². The van der Waals surface area contributed by atoms with Crippen LogP contribution in [0.5, 0.6) is 5.75 Å². The number of ether oxygens (including phenoxy) is 1. The van der Waals surface area contributed by atoms with Crippen molar-refractivity contribution < 1.29 is 22.3 Å². The fourth-order valence-corrected chi connectivity index (χ4v) is 1.96. The molecule has 0 N–H and O–H groups in total. The first-order valence-corrected chi connectivity index (χ1v) is 5.58. The van der Waals surface area contributed by atoms with E-state index < -0.39 is 27.8 Å². The summed E-state index contributed by atoms with van der Waals surface area (Å²) in [6.45, 7) is 0. The van der Waals surface area contributed by atoms with Crippen molar-refractivity contribution in [3.8, 4) is 5.75 Å². The van der Waals surface area contributed by atoms with Crippen LogP contribution in [-0.2, 0) is 0 Å². The van der Waals surface area contributed by atoms with E-state index in [9.17, 15) is 18.0 Å². The van der Waals surface area contributed by atoms with Crippen molar-refractivity contribution >= 4 is 22.7 Å². The molecule has 0 aliphatic heterocycles. The predicted molar refractivity (Wildman–Crippen MR) is 60.9 cm³/mol. The summed E-state index contributed by atoms with van der Waals surface area (Å²) in [6.07, 6.45) is 0. The monoisotopic (exact) mass is 276 g/mol. The maximum Gasteiger partial charge on any atom is 0.446 e. The summed E-state index contributed by atoms with van der Waals surface area (Å²) >= 11 is -0.485. The normalized spacial score (nSPS) is 11.8. The largest absolute Gasteiger partial charge is 0.497 e. The van der Waals surface area contributed by atoms with Crippen LogP contribution >= 0.6 is 11.8 Å². The molecule has 0 aliphatic rings. The van der Waals surface area contributed by atoms with Crippen LogP contribution in [0, 0.1) is 0 Å². The summed E-state index contributed by atoms with van der Waals surface area (Å²) in [5, 5.41) is 0.405. The van der Waals surface area contributed by atoms with Gasteiger partial charge in [-0.15, -0.1) is 0 Å². The molecule has 0 atom stereocenters. The van der Waals surface area contributed by atoms with Crippen molar-refractivity contribution in [3.05, 3.63) is 34.7 Å². The number of methoxy groups -OCH3 is 1. The predicted octanol–water partition coefficient (Wildman–Crippen LogP) is 3.41. The number of hydrogen-bond acceptors (Lipinski definition) is 4. The summed E-state index contributed by atoms with van der Waals surface area (Å²) in [5.41, 5.74) is -5.35. The average molecular weight is 276 g/mol. The lowest BCUT2D eigenvalue weighted by Crippen LogP contribution is -2.08. The van der Waals surface area contributed by atoms with E-state index in [1.165, 1.54) is 19.2 Å². The molecule has 0 radical (unpaired) electrons. The lowest BCUT2D eigenvalue weighted by atomic mass is 10.2. The number of rotatable bonds is 2. The minimum absolute atomic E-state index is 0.186. The highest BCUT2D eigenvalue weighted by Crippen LogP contribution is 2.36. The first-order chi connectivity index (χ1) is 8.39. The van der Waals surface area contributed by atoms with E-state index in [0.717, 1.165) is 6.07 Å². The molecule has 3 nitrogen and oxygen atoms in total. The summed E-state index contributed by atoms with van der Waals surface area (Å²) in [7, 11) is 1.44. The van der Waals surface area contributed by atoms with Gasteiger partial charge >= 0.3 is 11.1 Å². The molecule has 2 aromatic rings. The molecule has 0 bridgehead atoms. The number of halogens is 3. The van der Waals surface area contributed by atoms with Crippen molar-refractivity contribution in [3.63, 3.8) is 0 Å². The summed E-state index contributed by atoms with van der Waals surface area (Å²) in [4.78, 5) is 10.9. The van der Waals surface area contributed by atoms with Crippen molar-refractivity contribution in [1.82, 2.24) is 0 Å². The molecular formula is C11H7F3O3S. The highest BCUT2D eigenvalue weighted by atomic mass is 32.2. The number of fused-ring (bicyclic) bond motifs is 1. The number of hydrogen-bond donors (Lipinski definition) is 0. The fraction of sp³-hybridized carbons (Fsp3) is 0.182. The van der Waals surface area contributed by atoms with E-state index in [2.05, 4.69) is 0 Å². The Morgan fingerprint density at radius 2 is 2.00 bits per heavy atom. The zero-order chi connectivity index (χ0) is 13.3. The molecule has 1 aromatic carbocycles. The standard InChI is InChI=1S/C11H7F3O3S/c1-16-7-3-2-6-4-9(18-11(12,13)14)10(15)17-8(6)5-7/h2-5H,1H3. The maximum absolute atomic E-state index is 12.2. The SMILES string of the molecule is COc1ccc2cc(SC(F)(F)F)c(=O)oc2c1. The van der Waals surface area contributed by atoms with Gasteiger partial charge in [0.15, 0.2) is 0 Å². The van der Waals surface area contributed by atoms with Gasteiger partial charge < -0.3 is 9.15 Å². The van der Waals surface area contributed by atoms with Crippen LogP contribution in [0.15, 0.2) is 38.4 Å². The van der Waals surface area contributed by atoms with Gasteiger partial charge in [-0.1, -0.05) is 0 Å². The number of thioether (sulfide) groups is 1. The smallest absolute Gasteiger partial charge is 0.446 e. The van der Waals surface area contributed by atoms with Gasteiger partial charge in [0.2, 0.25) is 0 Å². The zero-order valence-corrected chi connectivity index (χ0v) is 9.89. The van der Waals surface area contributed by atoms with E-state index >= 15 is 0 Å². The molecule has 0 aliphatic carbocycles. The number of alkyl halides is 3. The van der Waals surface area contributed by atoms with Gasteiger partial charge in [-0.25, -0.2) is 4.79 Å². The summed E-state index contributed by atoms with van der Waals surface area (Å²) < 4.78 is 46.4. The molecule has 0 fully saturated rings. The molecule has 0 saturated carbocycles. The van der Waals surface area contributed by atoms with Gasteiger partial charge in [0, 0.05) is 11.5 Å². The Hall–Kier alpha value is -1.63. The molecule has 0 amide bonds. The van der Waals surface area contributed by atoms with E-state index in [1.807, 2.05) is 0 Å². The Morgan fingerprint density at radius 3 is 2.61 bits per heavy atom. The molecule has 18 heavy (non-hydrogen) atoms. The first-order valence-electron chi connectivity index (χ1n) is 4.77. The topological polar surface area (TPSA) is 39.4 Å². The van der Waals surface area contributed by atoms with Crippen LogP contribution in [0.25, 0.3) is 11.0 Å². The van der Waals surface area contributed by atoms with Gasteiger partial charge in [-0.05, 0) is 30.0 Å². The van der Waals surface area contributed by atoms with E-state index in [-0.39, 0.29) is 5.58 Å². The molecule has 1 heterocycles. The third-order valence-corrected chi connectivity index (χ3v) is 2.87. The molecule has 96 valence electrons. The van der Waals surface area contributed by atoms with Gasteiger partial charge in [0.1, 0.15) is 16.2 Å². The molecule has 1 aromatic heterocycles. The van der Waals surface area contributed by atoms with Crippen molar-refractivity contribution in [2.45, 2.75) is 10.4 Å². The van der Waals surface area contributed by atoms with Crippen molar-refractivity contribution in [2.24, 2.45) is 0 Å². The van der Waals surface area contributed by atoms with Gasteiger partial charge in [-0.2, -0.15) is 13.2 Å². The Morgan fingerprint density at radius 1 is 1.28 bits per heavy atom. The second-order valence-corrected chi connectivity index (χ2v) is 4.46. The van der Waals surface area contributed by atoms with Gasteiger partial charge in [-0.3, -0.25) is 0 Å². The van der Waals surface area contributed by atoms with Crippen LogP contribution in [0.2, 0.25) is 0 Å². The first kappa shape index (κ1) is 12.8. The van der Waals surface area contributed by atoms with E-state index in [0.29, 0.717) is 11.1 Å². The van der Waals surface area contributed by atoms with E-state index in [1.54, 1.807) is 6.07 Å². The molecule has 2 rings (SSSR count). The lowest BCUT2D eigenvalue weighted by molar-refractivity contribution is -0.0329. The molecule has 7 heteroatoms. The Bertz CT molecular complexity index is 633. The Labute approximate surface area is 104 Å². The Kier molecular flexibility index (Phi) is 3.25. The van der Waals surface area contributed by atoms with Crippen LogP contribution in [-0.4, -0.2) is 12.6 Å². The highest BCUT2D eigenvalue weighted by molar-refractivity contribution is 8.00. The quantitative estimate of drug-likeness (QED) is 0.622. The minimum atomic E-state index is -4.52. The highest BCUT2D eigenvalue weighted by Gasteiger charge is 2.31. The average Bonchev–Trinajstić information content (AvgIpc) is 2.27. The number of benzene rings is 1. The Balaban J connectivity index is 2.53. The summed E-state index contributed by atoms with van der Waals surface area (Å²) in [5.74, 6) is 0.460. The fourth-order valence-electron chi connectivity index (χ4n) is 1.40. The lowest BCUT2D eigenvalue weighted by Gasteiger charge is -2.06. The maximum atomic E-state index is 12.2. The van der Waals surface area contributed by atoms with Crippen LogP contribution < -0.4 is 10.4 Å². The van der Waals surface area contributed by atoms with Crippen molar-refractivity contribution in [1.29, 1.82) is 0 Å². The molecular weight excluding hydrogens is 269 g/mol. The molecule has 0 unspecified atom stereocenters. The van der Waals surface area contributed by atoms with Crippen molar-refractivity contribution in [2.75, 3.05) is 7.11 Å². The second kappa shape index (κ2) is 4.56. The van der Waals surface area contributed by atoms with Crippen LogP contribution in [0.3, 0.4) is 0 Å². The van der Waals surface area contributed by atoms with Crippen LogP contribution in [0.1, 0.15) is 0 Å². The van der Waals surface area contributed by atoms with Gasteiger partial charge in [0.05, 0.1) is 7.11 Å². The molecule has 0 spiro atoms. The second-order valence-electron chi connectivity index (χ2n) is 3.35. The summed E-state index contributed by atoms with van der Waals surface area (Å²) in [6, 6.07) is 5.69. The van der Waals surface area contributed by atoms with Crippen LogP contribution in [0.4, 0.5) is 13.2 Å².